The Labute approximate surface area is 100 Å². The number of para-hydroxylation sites is 1. The van der Waals surface area contributed by atoms with Crippen molar-refractivity contribution in [3.05, 3.63) is 54.4 Å². The van der Waals surface area contributed by atoms with Gasteiger partial charge in [-0.2, -0.15) is 0 Å². The minimum Gasteiger partial charge on any atom is -0.493 e. The van der Waals surface area contributed by atoms with Crippen LogP contribution in [0.15, 0.2) is 48.8 Å². The third kappa shape index (κ3) is 2.09. The third-order valence-electron chi connectivity index (χ3n) is 2.88. The summed E-state index contributed by atoms with van der Waals surface area (Å²) in [7, 11) is 0. The molecular weight excluding hydrogens is 214 g/mol. The summed E-state index contributed by atoms with van der Waals surface area (Å²) in [4.78, 5) is 4.02. The van der Waals surface area contributed by atoms with E-state index in [1.54, 1.807) is 12.4 Å². The maximum atomic E-state index is 5.70. The van der Waals surface area contributed by atoms with E-state index in [-0.39, 0.29) is 0 Å². The van der Waals surface area contributed by atoms with Gasteiger partial charge in [-0.15, -0.1) is 0 Å². The van der Waals surface area contributed by atoms with E-state index in [1.807, 2.05) is 30.3 Å². The fourth-order valence-electron chi connectivity index (χ4n) is 2.00. The van der Waals surface area contributed by atoms with Gasteiger partial charge in [0.25, 0.3) is 0 Å². The molecule has 0 aliphatic carbocycles. The van der Waals surface area contributed by atoms with Crippen LogP contribution in [0.25, 0.3) is 0 Å². The largest absolute Gasteiger partial charge is 0.493 e. The molecule has 86 valence electrons. The number of ether oxygens (including phenoxy) is 2. The Bertz CT molecular complexity index is 499. The first-order valence-electron chi connectivity index (χ1n) is 5.68. The molecule has 1 atom stereocenters. The van der Waals surface area contributed by atoms with Crippen LogP contribution < -0.4 is 9.47 Å². The Morgan fingerprint density at radius 2 is 2.18 bits per heavy atom. The summed E-state index contributed by atoms with van der Waals surface area (Å²) in [5.41, 5.74) is 1.23. The van der Waals surface area contributed by atoms with Gasteiger partial charge in [0.2, 0.25) is 0 Å². The van der Waals surface area contributed by atoms with Crippen molar-refractivity contribution in [2.45, 2.75) is 5.92 Å². The van der Waals surface area contributed by atoms with E-state index < -0.39 is 0 Å². The molecule has 1 aromatic carbocycles. The Hall–Kier alpha value is -2.03. The lowest BCUT2D eigenvalue weighted by Crippen LogP contribution is -2.11. The molecule has 0 fully saturated rings. The molecule has 2 aromatic rings. The van der Waals surface area contributed by atoms with Crippen molar-refractivity contribution in [1.82, 2.24) is 4.98 Å². The van der Waals surface area contributed by atoms with Crippen LogP contribution in [0.1, 0.15) is 11.5 Å². The Morgan fingerprint density at radius 1 is 1.24 bits per heavy atom. The lowest BCUT2D eigenvalue weighted by molar-refractivity contribution is 0.248. The Kier molecular flexibility index (Phi) is 2.66. The van der Waals surface area contributed by atoms with Crippen LogP contribution in [0.5, 0.6) is 11.5 Å². The highest BCUT2D eigenvalue weighted by Crippen LogP contribution is 2.33. The average molecular weight is 227 g/mol. The maximum absolute atomic E-state index is 5.70. The monoisotopic (exact) mass is 227 g/mol. The summed E-state index contributed by atoms with van der Waals surface area (Å²) >= 11 is 0. The molecule has 0 saturated heterocycles. The van der Waals surface area contributed by atoms with Crippen LogP contribution in [0.2, 0.25) is 0 Å². The van der Waals surface area contributed by atoms with E-state index in [2.05, 4.69) is 11.1 Å². The summed E-state index contributed by atoms with van der Waals surface area (Å²) in [6.45, 7) is 1.32. The zero-order valence-corrected chi connectivity index (χ0v) is 9.37. The second-order valence-corrected chi connectivity index (χ2v) is 4.05. The van der Waals surface area contributed by atoms with Crippen molar-refractivity contribution in [3.63, 3.8) is 0 Å². The van der Waals surface area contributed by atoms with E-state index in [0.717, 1.165) is 11.5 Å². The molecule has 17 heavy (non-hydrogen) atoms. The van der Waals surface area contributed by atoms with E-state index in [1.165, 1.54) is 5.56 Å². The number of benzene rings is 1. The summed E-state index contributed by atoms with van der Waals surface area (Å²) in [5, 5.41) is 0. The standard InChI is InChI=1S/C14H13NO2/c1-2-6-14-13(5-1)11(10-17-14)9-16-12-4-3-7-15-8-12/h1-8,11H,9-10H2. The first-order valence-corrected chi connectivity index (χ1v) is 5.68. The topological polar surface area (TPSA) is 31.4 Å². The number of hydrogen-bond acceptors (Lipinski definition) is 3. The molecule has 1 unspecified atom stereocenters. The maximum Gasteiger partial charge on any atom is 0.137 e. The van der Waals surface area contributed by atoms with Gasteiger partial charge < -0.3 is 9.47 Å². The summed E-state index contributed by atoms with van der Waals surface area (Å²) < 4.78 is 11.3. The van der Waals surface area contributed by atoms with Gasteiger partial charge in [-0.1, -0.05) is 18.2 Å². The second-order valence-electron chi connectivity index (χ2n) is 4.05. The lowest BCUT2D eigenvalue weighted by atomic mass is 10.0. The highest BCUT2D eigenvalue weighted by molar-refractivity contribution is 5.39. The summed E-state index contributed by atoms with van der Waals surface area (Å²) in [6, 6.07) is 11.9. The summed E-state index contributed by atoms with van der Waals surface area (Å²) in [6.07, 6.45) is 3.46. The first kappa shape index (κ1) is 10.1. The highest BCUT2D eigenvalue weighted by Gasteiger charge is 2.23. The van der Waals surface area contributed by atoms with Gasteiger partial charge in [-0.25, -0.2) is 0 Å². The van der Waals surface area contributed by atoms with E-state index in [4.69, 9.17) is 9.47 Å². The zero-order chi connectivity index (χ0) is 11.5. The second kappa shape index (κ2) is 4.45. The van der Waals surface area contributed by atoms with Gasteiger partial charge in [-0.3, -0.25) is 4.98 Å². The normalized spacial score (nSPS) is 17.3. The van der Waals surface area contributed by atoms with Crippen LogP contribution in [-0.4, -0.2) is 18.2 Å². The predicted octanol–water partition coefficient (Wildman–Crippen LogP) is 2.64. The average Bonchev–Trinajstić information content (AvgIpc) is 2.81. The highest BCUT2D eigenvalue weighted by atomic mass is 16.5. The SMILES string of the molecule is c1cncc(OCC2COc3ccccc32)c1. The molecule has 2 heterocycles. The van der Waals surface area contributed by atoms with Gasteiger partial charge in [-0.05, 0) is 18.2 Å². The van der Waals surface area contributed by atoms with Crippen LogP contribution in [-0.2, 0) is 0 Å². The molecule has 0 amide bonds. The van der Waals surface area contributed by atoms with Crippen molar-refractivity contribution >= 4 is 0 Å². The number of nitrogens with zero attached hydrogens (tertiary/aromatic N) is 1. The van der Waals surface area contributed by atoms with Gasteiger partial charge in [0, 0.05) is 11.8 Å². The van der Waals surface area contributed by atoms with Crippen LogP contribution in [0.4, 0.5) is 0 Å². The van der Waals surface area contributed by atoms with Crippen molar-refractivity contribution in [1.29, 1.82) is 0 Å². The third-order valence-corrected chi connectivity index (χ3v) is 2.88. The Morgan fingerprint density at radius 3 is 3.06 bits per heavy atom. The quantitative estimate of drug-likeness (QED) is 0.807. The number of aromatic nitrogens is 1. The van der Waals surface area contributed by atoms with Crippen LogP contribution in [0.3, 0.4) is 0 Å². The molecule has 3 nitrogen and oxygen atoms in total. The molecule has 0 N–H and O–H groups in total. The molecule has 0 bridgehead atoms. The van der Waals surface area contributed by atoms with E-state index in [9.17, 15) is 0 Å². The fourth-order valence-corrected chi connectivity index (χ4v) is 2.00. The molecule has 1 aromatic heterocycles. The molecule has 0 spiro atoms. The van der Waals surface area contributed by atoms with Gasteiger partial charge in [0.1, 0.15) is 11.5 Å². The van der Waals surface area contributed by atoms with E-state index in [0.29, 0.717) is 19.1 Å². The van der Waals surface area contributed by atoms with Crippen molar-refractivity contribution in [2.75, 3.05) is 13.2 Å². The van der Waals surface area contributed by atoms with Gasteiger partial charge >= 0.3 is 0 Å². The number of fused-ring (bicyclic) bond motifs is 1. The number of rotatable bonds is 3. The summed E-state index contributed by atoms with van der Waals surface area (Å²) in [5.74, 6) is 2.09. The number of pyridine rings is 1. The molecule has 3 rings (SSSR count). The predicted molar refractivity (Wildman–Crippen MR) is 64.4 cm³/mol. The van der Waals surface area contributed by atoms with Crippen LogP contribution >= 0.6 is 0 Å². The molecule has 1 aliphatic rings. The first-order chi connectivity index (χ1) is 8.43. The fraction of sp³-hybridized carbons (Fsp3) is 0.214. The molecule has 0 radical (unpaired) electrons. The minimum absolute atomic E-state index is 0.311. The minimum atomic E-state index is 0.311. The Balaban J connectivity index is 1.68. The van der Waals surface area contributed by atoms with E-state index >= 15 is 0 Å². The molecular formula is C14H13NO2. The molecule has 1 aliphatic heterocycles. The van der Waals surface area contributed by atoms with Gasteiger partial charge in [0.15, 0.2) is 0 Å². The smallest absolute Gasteiger partial charge is 0.137 e. The molecule has 0 saturated carbocycles. The van der Waals surface area contributed by atoms with Crippen molar-refractivity contribution in [3.8, 4) is 11.5 Å². The zero-order valence-electron chi connectivity index (χ0n) is 9.37. The molecule has 3 heteroatoms. The lowest BCUT2D eigenvalue weighted by Gasteiger charge is -2.10. The van der Waals surface area contributed by atoms with Crippen molar-refractivity contribution < 1.29 is 9.47 Å². The van der Waals surface area contributed by atoms with Crippen molar-refractivity contribution in [2.24, 2.45) is 0 Å². The number of hydrogen-bond donors (Lipinski definition) is 0. The van der Waals surface area contributed by atoms with Crippen LogP contribution in [0, 0.1) is 0 Å². The van der Waals surface area contributed by atoms with Gasteiger partial charge in [0.05, 0.1) is 25.3 Å².